The topological polar surface area (TPSA) is 86.8 Å². The molecule has 0 radical (unpaired) electrons. The lowest BCUT2D eigenvalue weighted by molar-refractivity contribution is -0.131. The number of anilines is 1. The Hall–Kier alpha value is -1.93. The quantitative estimate of drug-likeness (QED) is 0.848. The number of sulfonamides is 1. The molecule has 2 amide bonds. The summed E-state index contributed by atoms with van der Waals surface area (Å²) in [5.74, 6) is -0.635. The van der Waals surface area contributed by atoms with E-state index in [9.17, 15) is 18.0 Å². The van der Waals surface area contributed by atoms with Gasteiger partial charge in [-0.2, -0.15) is 4.31 Å². The first-order valence-electron chi connectivity index (χ1n) is 9.30. The van der Waals surface area contributed by atoms with E-state index in [0.717, 1.165) is 12.8 Å². The smallest absolute Gasteiger partial charge is 0.243 e. The van der Waals surface area contributed by atoms with Crippen LogP contribution in [0, 0.1) is 5.92 Å². The van der Waals surface area contributed by atoms with Gasteiger partial charge in [0.2, 0.25) is 21.8 Å². The third-order valence-corrected chi connectivity index (χ3v) is 7.04. The van der Waals surface area contributed by atoms with Crippen LogP contribution >= 0.6 is 0 Å². The maximum Gasteiger partial charge on any atom is 0.243 e. The van der Waals surface area contributed by atoms with Crippen LogP contribution in [0.2, 0.25) is 0 Å². The molecule has 148 valence electrons. The first kappa shape index (κ1) is 19.8. The Balaban J connectivity index is 1.65. The molecule has 2 aliphatic heterocycles. The van der Waals surface area contributed by atoms with Crippen molar-refractivity contribution in [2.45, 2.75) is 50.5 Å². The first-order valence-corrected chi connectivity index (χ1v) is 10.7. The number of carbonyl (C=O) groups excluding carboxylic acids is 2. The summed E-state index contributed by atoms with van der Waals surface area (Å²) in [6, 6.07) is 6.23. The second-order valence-electron chi connectivity index (χ2n) is 8.20. The molecular formula is C19H27N3O4S. The molecule has 1 aromatic carbocycles. The second-order valence-corrected chi connectivity index (χ2v) is 10.1. The van der Waals surface area contributed by atoms with Gasteiger partial charge in [-0.15, -0.1) is 0 Å². The van der Waals surface area contributed by atoms with E-state index in [4.69, 9.17) is 0 Å². The second kappa shape index (κ2) is 7.24. The number of amides is 2. The van der Waals surface area contributed by atoms with E-state index in [1.54, 1.807) is 17.0 Å². The molecule has 2 aliphatic rings. The van der Waals surface area contributed by atoms with Gasteiger partial charge in [0, 0.05) is 37.3 Å². The van der Waals surface area contributed by atoms with Crippen molar-refractivity contribution < 1.29 is 18.0 Å². The fraction of sp³-hybridized carbons (Fsp3) is 0.579. The van der Waals surface area contributed by atoms with Crippen molar-refractivity contribution in [1.82, 2.24) is 9.21 Å². The number of rotatable bonds is 4. The zero-order valence-corrected chi connectivity index (χ0v) is 16.9. The van der Waals surface area contributed by atoms with Crippen molar-refractivity contribution in [3.8, 4) is 0 Å². The molecule has 0 spiro atoms. The van der Waals surface area contributed by atoms with Crippen molar-refractivity contribution in [1.29, 1.82) is 0 Å². The van der Waals surface area contributed by atoms with Crippen LogP contribution in [-0.2, 0) is 19.6 Å². The number of nitrogens with zero attached hydrogens (tertiary/aromatic N) is 2. The summed E-state index contributed by atoms with van der Waals surface area (Å²) in [6.07, 6.45) is 1.97. The van der Waals surface area contributed by atoms with Crippen LogP contribution < -0.4 is 5.32 Å². The van der Waals surface area contributed by atoms with E-state index in [1.165, 1.54) is 16.4 Å². The largest absolute Gasteiger partial charge is 0.337 e. The number of likely N-dealkylation sites (tertiary alicyclic amines) is 1. The molecule has 2 fully saturated rings. The van der Waals surface area contributed by atoms with E-state index in [0.29, 0.717) is 25.3 Å². The molecule has 27 heavy (non-hydrogen) atoms. The highest BCUT2D eigenvalue weighted by atomic mass is 32.2. The molecule has 3 rings (SSSR count). The molecule has 7 nitrogen and oxygen atoms in total. The predicted octanol–water partition coefficient (Wildman–Crippen LogP) is 2.06. The third kappa shape index (κ3) is 4.16. The lowest BCUT2D eigenvalue weighted by Gasteiger charge is -2.31. The van der Waals surface area contributed by atoms with E-state index in [1.807, 2.05) is 20.8 Å². The van der Waals surface area contributed by atoms with Gasteiger partial charge in [0.1, 0.15) is 0 Å². The van der Waals surface area contributed by atoms with Crippen LogP contribution in [0.1, 0.15) is 40.0 Å². The van der Waals surface area contributed by atoms with Gasteiger partial charge in [0.05, 0.1) is 10.8 Å². The predicted molar refractivity (Wildman–Crippen MR) is 103 cm³/mol. The van der Waals surface area contributed by atoms with Crippen molar-refractivity contribution in [3.63, 3.8) is 0 Å². The van der Waals surface area contributed by atoms with E-state index < -0.39 is 15.9 Å². The molecule has 1 atom stereocenters. The minimum Gasteiger partial charge on any atom is -0.337 e. The number of nitrogens with one attached hydrogen (secondary N) is 1. The highest BCUT2D eigenvalue weighted by molar-refractivity contribution is 7.89. The van der Waals surface area contributed by atoms with Crippen molar-refractivity contribution in [2.75, 3.05) is 25.0 Å². The molecule has 1 N–H and O–H groups in total. The van der Waals surface area contributed by atoms with Crippen molar-refractivity contribution in [2.24, 2.45) is 5.92 Å². The van der Waals surface area contributed by atoms with E-state index in [-0.39, 0.29) is 28.7 Å². The van der Waals surface area contributed by atoms with E-state index in [2.05, 4.69) is 5.32 Å². The summed E-state index contributed by atoms with van der Waals surface area (Å²) in [4.78, 5) is 26.6. The number of carbonyl (C=O) groups is 2. The molecule has 0 bridgehead atoms. The Labute approximate surface area is 160 Å². The lowest BCUT2D eigenvalue weighted by atomic mass is 10.1. The average Bonchev–Trinajstić information content (AvgIpc) is 3.24. The van der Waals surface area contributed by atoms with Crippen LogP contribution in [0.4, 0.5) is 5.69 Å². The summed E-state index contributed by atoms with van der Waals surface area (Å²) in [5.41, 5.74) is 0.222. The number of benzene rings is 1. The zero-order valence-electron chi connectivity index (χ0n) is 16.1. The monoisotopic (exact) mass is 393 g/mol. The van der Waals surface area contributed by atoms with Gasteiger partial charge >= 0.3 is 0 Å². The summed E-state index contributed by atoms with van der Waals surface area (Å²) in [6.45, 7) is 7.36. The van der Waals surface area contributed by atoms with Gasteiger partial charge in [0.25, 0.3) is 0 Å². The molecule has 2 heterocycles. The molecule has 0 saturated carbocycles. The van der Waals surface area contributed by atoms with Crippen LogP contribution in [0.15, 0.2) is 29.2 Å². The molecular weight excluding hydrogens is 366 g/mol. The number of hydrogen-bond acceptors (Lipinski definition) is 4. The standard InChI is InChI=1S/C19H27N3O4S/c1-19(2,3)22-13-14(12-17(22)23)18(24)20-15-6-8-16(9-7-15)27(25,26)21-10-4-5-11-21/h6-9,14H,4-5,10-13H2,1-3H3,(H,20,24). The molecule has 1 aromatic rings. The normalized spacial score (nSPS) is 21.7. The molecule has 0 aromatic heterocycles. The summed E-state index contributed by atoms with van der Waals surface area (Å²) in [7, 11) is -3.46. The summed E-state index contributed by atoms with van der Waals surface area (Å²) in [5, 5.41) is 2.80. The molecule has 1 unspecified atom stereocenters. The highest BCUT2D eigenvalue weighted by Gasteiger charge is 2.39. The SMILES string of the molecule is CC(C)(C)N1CC(C(=O)Nc2ccc(S(=O)(=O)N3CCCC3)cc2)CC1=O. The third-order valence-electron chi connectivity index (χ3n) is 5.13. The Kier molecular flexibility index (Phi) is 5.31. The highest BCUT2D eigenvalue weighted by Crippen LogP contribution is 2.27. The zero-order chi connectivity index (χ0) is 19.8. The van der Waals surface area contributed by atoms with Gasteiger partial charge in [-0.05, 0) is 57.9 Å². The average molecular weight is 394 g/mol. The van der Waals surface area contributed by atoms with Crippen molar-refractivity contribution >= 4 is 27.5 Å². The fourth-order valence-electron chi connectivity index (χ4n) is 3.56. The van der Waals surface area contributed by atoms with E-state index >= 15 is 0 Å². The molecule has 8 heteroatoms. The van der Waals surface area contributed by atoms with Crippen LogP contribution in [-0.4, -0.2) is 54.6 Å². The number of hydrogen-bond donors (Lipinski definition) is 1. The van der Waals surface area contributed by atoms with Gasteiger partial charge in [-0.25, -0.2) is 8.42 Å². The Morgan fingerprint density at radius 3 is 2.22 bits per heavy atom. The van der Waals surface area contributed by atoms with Gasteiger partial charge in [0.15, 0.2) is 0 Å². The Morgan fingerprint density at radius 1 is 1.11 bits per heavy atom. The minimum absolute atomic E-state index is 0.0188. The lowest BCUT2D eigenvalue weighted by Crippen LogP contribution is -2.42. The van der Waals surface area contributed by atoms with Crippen LogP contribution in [0.3, 0.4) is 0 Å². The fourth-order valence-corrected chi connectivity index (χ4v) is 5.08. The molecule has 0 aliphatic carbocycles. The Morgan fingerprint density at radius 2 is 1.70 bits per heavy atom. The van der Waals surface area contributed by atoms with Gasteiger partial charge in [-0.1, -0.05) is 0 Å². The van der Waals surface area contributed by atoms with Crippen LogP contribution in [0.5, 0.6) is 0 Å². The molecule has 2 saturated heterocycles. The first-order chi connectivity index (χ1) is 12.6. The van der Waals surface area contributed by atoms with Crippen molar-refractivity contribution in [3.05, 3.63) is 24.3 Å². The van der Waals surface area contributed by atoms with Crippen LogP contribution in [0.25, 0.3) is 0 Å². The minimum atomic E-state index is -3.46. The maximum atomic E-state index is 12.5. The van der Waals surface area contributed by atoms with Gasteiger partial charge < -0.3 is 10.2 Å². The maximum absolute atomic E-state index is 12.5. The summed E-state index contributed by atoms with van der Waals surface area (Å²) >= 11 is 0. The summed E-state index contributed by atoms with van der Waals surface area (Å²) < 4.78 is 26.6. The van der Waals surface area contributed by atoms with Gasteiger partial charge in [-0.3, -0.25) is 9.59 Å². The Bertz CT molecular complexity index is 822.